The molecule has 2 amide bonds. The molecule has 8 nitrogen and oxygen atoms in total. The van der Waals surface area contributed by atoms with E-state index in [2.05, 4.69) is 26.1 Å². The molecule has 0 bridgehead atoms. The van der Waals surface area contributed by atoms with Crippen LogP contribution in [0.25, 0.3) is 11.3 Å². The van der Waals surface area contributed by atoms with Gasteiger partial charge in [0, 0.05) is 32.9 Å². The van der Waals surface area contributed by atoms with Crippen LogP contribution in [0.5, 0.6) is 5.75 Å². The van der Waals surface area contributed by atoms with Crippen molar-refractivity contribution in [1.82, 2.24) is 10.4 Å². The van der Waals surface area contributed by atoms with E-state index in [1.807, 2.05) is 79.0 Å². The number of anilines is 3. The molecule has 1 heterocycles. The largest absolute Gasteiger partial charge is 0.484 e. The third-order valence-electron chi connectivity index (χ3n) is 5.95. The van der Waals surface area contributed by atoms with Gasteiger partial charge in [-0.2, -0.15) is 5.10 Å². The summed E-state index contributed by atoms with van der Waals surface area (Å²) in [4.78, 5) is 29.5. The first-order valence-corrected chi connectivity index (χ1v) is 14.2. The molecule has 0 aliphatic carbocycles. The molecule has 0 unspecified atom stereocenters. The van der Waals surface area contributed by atoms with E-state index < -0.39 is 0 Å². The highest BCUT2D eigenvalue weighted by Gasteiger charge is 2.09. The molecular weight excluding hydrogens is 570 g/mol. The number of aromatic nitrogens is 1. The highest BCUT2D eigenvalue weighted by atomic mass is 35.5. The Hall–Kier alpha value is -4.99. The van der Waals surface area contributed by atoms with E-state index in [0.29, 0.717) is 21.9 Å². The van der Waals surface area contributed by atoms with E-state index in [1.54, 1.807) is 30.3 Å². The maximum absolute atomic E-state index is 12.6. The fourth-order valence-corrected chi connectivity index (χ4v) is 4.76. The molecule has 0 saturated carbocycles. The van der Waals surface area contributed by atoms with Crippen molar-refractivity contribution in [3.05, 3.63) is 124 Å². The molecule has 0 radical (unpaired) electrons. The summed E-state index contributed by atoms with van der Waals surface area (Å²) in [5.41, 5.74) is 8.06. The third-order valence-corrected chi connectivity index (χ3v) is 6.96. The van der Waals surface area contributed by atoms with Gasteiger partial charge in [0.15, 0.2) is 11.7 Å². The normalized spacial score (nSPS) is 10.8. The van der Waals surface area contributed by atoms with Crippen LogP contribution in [-0.2, 0) is 4.79 Å². The van der Waals surface area contributed by atoms with Gasteiger partial charge in [-0.25, -0.2) is 10.4 Å². The Bertz CT molecular complexity index is 1720. The van der Waals surface area contributed by atoms with Crippen molar-refractivity contribution in [3.8, 4) is 17.0 Å². The van der Waals surface area contributed by atoms with Gasteiger partial charge in [-0.1, -0.05) is 48.0 Å². The number of halogens is 1. The van der Waals surface area contributed by atoms with Gasteiger partial charge in [-0.3, -0.25) is 9.59 Å². The van der Waals surface area contributed by atoms with E-state index >= 15 is 0 Å². The summed E-state index contributed by atoms with van der Waals surface area (Å²) < 4.78 is 5.62. The number of amides is 2. The number of hydrogen-bond acceptors (Lipinski definition) is 7. The lowest BCUT2D eigenvalue weighted by atomic mass is 10.1. The molecule has 4 aromatic carbocycles. The van der Waals surface area contributed by atoms with Gasteiger partial charge >= 0.3 is 0 Å². The number of carbonyl (C=O) groups is 2. The van der Waals surface area contributed by atoms with Crippen LogP contribution in [0.4, 0.5) is 16.5 Å². The highest BCUT2D eigenvalue weighted by Crippen LogP contribution is 2.28. The van der Waals surface area contributed by atoms with Crippen molar-refractivity contribution in [2.45, 2.75) is 6.92 Å². The summed E-state index contributed by atoms with van der Waals surface area (Å²) in [6.45, 7) is 1.82. The van der Waals surface area contributed by atoms with Crippen molar-refractivity contribution < 1.29 is 14.3 Å². The zero-order chi connectivity index (χ0) is 29.3. The smallest absolute Gasteiger partial charge is 0.271 e. The van der Waals surface area contributed by atoms with Gasteiger partial charge in [0.05, 0.1) is 11.9 Å². The molecule has 0 spiro atoms. The average molecular weight is 596 g/mol. The van der Waals surface area contributed by atoms with E-state index in [0.717, 1.165) is 33.3 Å². The predicted octanol–water partition coefficient (Wildman–Crippen LogP) is 7.30. The summed E-state index contributed by atoms with van der Waals surface area (Å²) in [7, 11) is 0. The molecule has 5 aromatic rings. The van der Waals surface area contributed by atoms with Crippen LogP contribution < -0.4 is 20.8 Å². The zero-order valence-electron chi connectivity index (χ0n) is 22.5. The fourth-order valence-electron chi connectivity index (χ4n) is 3.90. The first kappa shape index (κ1) is 28.5. The van der Waals surface area contributed by atoms with Crippen LogP contribution in [0.2, 0.25) is 5.02 Å². The van der Waals surface area contributed by atoms with Gasteiger partial charge in [0.25, 0.3) is 11.8 Å². The minimum atomic E-state index is -0.346. The summed E-state index contributed by atoms with van der Waals surface area (Å²) in [6.07, 6.45) is 1.51. The molecule has 0 aliphatic heterocycles. The first-order chi connectivity index (χ1) is 20.4. The Morgan fingerprint density at radius 2 is 1.74 bits per heavy atom. The lowest BCUT2D eigenvalue weighted by Crippen LogP contribution is -2.20. The quantitative estimate of drug-likeness (QED) is 0.116. The maximum Gasteiger partial charge on any atom is 0.271 e. The Morgan fingerprint density at radius 1 is 0.952 bits per heavy atom. The molecule has 0 aliphatic rings. The van der Waals surface area contributed by atoms with E-state index in [4.69, 9.17) is 16.3 Å². The van der Waals surface area contributed by atoms with Crippen LogP contribution in [-0.4, -0.2) is 29.6 Å². The number of aryl methyl sites for hydroxylation is 1. The summed E-state index contributed by atoms with van der Waals surface area (Å²) >= 11 is 7.43. The van der Waals surface area contributed by atoms with E-state index in [9.17, 15) is 9.59 Å². The minimum absolute atomic E-state index is 0.137. The third kappa shape index (κ3) is 8.03. The van der Waals surface area contributed by atoms with Gasteiger partial charge in [0.2, 0.25) is 0 Å². The Kier molecular flexibility index (Phi) is 9.23. The topological polar surface area (TPSA) is 105 Å². The number of rotatable bonds is 10. The predicted molar refractivity (Wildman–Crippen MR) is 169 cm³/mol. The molecule has 0 atom stereocenters. The van der Waals surface area contributed by atoms with Crippen molar-refractivity contribution in [1.29, 1.82) is 0 Å². The number of nitrogens with one attached hydrogen (secondary N) is 3. The number of ether oxygens (including phenoxy) is 1. The lowest BCUT2D eigenvalue weighted by Gasteiger charge is -2.08. The summed E-state index contributed by atoms with van der Waals surface area (Å²) in [5.74, 6) is -0.0991. The number of benzene rings is 4. The first-order valence-electron chi connectivity index (χ1n) is 12.9. The number of hydrogen-bond donors (Lipinski definition) is 3. The maximum atomic E-state index is 12.6. The van der Waals surface area contributed by atoms with Crippen molar-refractivity contribution in [2.75, 3.05) is 17.2 Å². The van der Waals surface area contributed by atoms with Crippen molar-refractivity contribution >= 4 is 57.5 Å². The van der Waals surface area contributed by atoms with Crippen molar-refractivity contribution in [2.24, 2.45) is 5.10 Å². The van der Waals surface area contributed by atoms with Crippen molar-refractivity contribution in [3.63, 3.8) is 0 Å². The van der Waals surface area contributed by atoms with Gasteiger partial charge in [-0.05, 0) is 78.7 Å². The summed E-state index contributed by atoms with van der Waals surface area (Å²) in [5, 5.41) is 13.5. The molecular formula is C32H26ClN5O3S. The van der Waals surface area contributed by atoms with Crippen LogP contribution >= 0.6 is 22.9 Å². The number of carbonyl (C=O) groups excluding carboxylic acids is 2. The van der Waals surface area contributed by atoms with Gasteiger partial charge in [-0.15, -0.1) is 11.3 Å². The lowest BCUT2D eigenvalue weighted by molar-refractivity contribution is -0.118. The zero-order valence-corrected chi connectivity index (χ0v) is 24.1. The average Bonchev–Trinajstić information content (AvgIpc) is 3.46. The van der Waals surface area contributed by atoms with Crippen LogP contribution in [0.15, 0.2) is 108 Å². The molecule has 0 fully saturated rings. The number of thiazole rings is 1. The Labute approximate surface area is 252 Å². The van der Waals surface area contributed by atoms with Crippen LogP contribution in [0.3, 0.4) is 0 Å². The molecule has 0 saturated heterocycles. The number of nitrogens with zero attached hydrogens (tertiary/aromatic N) is 2. The second-order valence-corrected chi connectivity index (χ2v) is 10.5. The molecule has 5 rings (SSSR count). The van der Waals surface area contributed by atoms with Crippen LogP contribution in [0, 0.1) is 6.92 Å². The fraction of sp³-hybridized carbons (Fsp3) is 0.0625. The van der Waals surface area contributed by atoms with E-state index in [1.165, 1.54) is 17.6 Å². The standard InChI is InChI=1S/C32H26ClN5O3S/c1-21-4-2-6-27(16-21)35-30(39)19-41-28-7-3-5-22(17-28)18-34-38-31(40)24-10-8-23(9-11-24)29-20-42-32(37-29)36-26-14-12-25(33)13-15-26/h2-18,20H,19H2,1H3,(H,35,39)(H,36,37)(H,38,40)/b34-18-. The SMILES string of the molecule is Cc1cccc(NC(=O)COc2cccc(/C=N\NC(=O)c3ccc(-c4csc(Nc5ccc(Cl)cc5)n4)cc3)c2)c1. The molecule has 10 heteroatoms. The second kappa shape index (κ2) is 13.6. The number of hydrazone groups is 1. The van der Waals surface area contributed by atoms with Crippen LogP contribution in [0.1, 0.15) is 21.5 Å². The van der Waals surface area contributed by atoms with Gasteiger partial charge < -0.3 is 15.4 Å². The minimum Gasteiger partial charge on any atom is -0.484 e. The molecule has 3 N–H and O–H groups in total. The van der Waals surface area contributed by atoms with E-state index in [-0.39, 0.29) is 18.4 Å². The molecule has 210 valence electrons. The highest BCUT2D eigenvalue weighted by molar-refractivity contribution is 7.14. The van der Waals surface area contributed by atoms with Gasteiger partial charge in [0.1, 0.15) is 5.75 Å². The second-order valence-electron chi connectivity index (χ2n) is 9.23. The monoisotopic (exact) mass is 595 g/mol. The Morgan fingerprint density at radius 3 is 2.52 bits per heavy atom. The molecule has 1 aromatic heterocycles. The Balaban J connectivity index is 1.11. The molecule has 42 heavy (non-hydrogen) atoms. The summed E-state index contributed by atoms with van der Waals surface area (Å²) in [6, 6.07) is 29.2.